The molecule has 19 heavy (non-hydrogen) atoms. The van der Waals surface area contributed by atoms with Gasteiger partial charge in [0.15, 0.2) is 5.78 Å². The van der Waals surface area contributed by atoms with Crippen molar-refractivity contribution in [2.75, 3.05) is 13.2 Å². The fraction of sp³-hybridized carbons (Fsp3) is 0.714. The minimum Gasteiger partial charge on any atom is -0.375 e. The topological polar surface area (TPSA) is 70.1 Å². The molecule has 5 heteroatoms. The summed E-state index contributed by atoms with van der Waals surface area (Å²) < 4.78 is 7.75. The zero-order valence-corrected chi connectivity index (χ0v) is 11.2. The molecular weight excluding hydrogens is 242 g/mol. The lowest BCUT2D eigenvalue weighted by Crippen LogP contribution is -2.47. The number of hydrogen-bond donors (Lipinski definition) is 1. The van der Waals surface area contributed by atoms with Crippen LogP contribution in [0.4, 0.5) is 0 Å². The van der Waals surface area contributed by atoms with E-state index in [2.05, 4.69) is 4.98 Å². The molecule has 1 spiro atoms. The fourth-order valence-corrected chi connectivity index (χ4v) is 3.14. The van der Waals surface area contributed by atoms with Crippen LogP contribution in [0.3, 0.4) is 0 Å². The van der Waals surface area contributed by atoms with E-state index in [1.54, 1.807) is 6.33 Å². The summed E-state index contributed by atoms with van der Waals surface area (Å²) in [6.07, 6.45) is 8.65. The van der Waals surface area contributed by atoms with Crippen LogP contribution in [0, 0.1) is 5.92 Å². The molecule has 1 aromatic rings. The molecule has 0 bridgehead atoms. The van der Waals surface area contributed by atoms with Crippen LogP contribution in [-0.2, 0) is 11.3 Å². The van der Waals surface area contributed by atoms with Gasteiger partial charge >= 0.3 is 0 Å². The second-order valence-electron chi connectivity index (χ2n) is 5.72. The lowest BCUT2D eigenvalue weighted by atomic mass is 9.71. The predicted molar refractivity (Wildman–Crippen MR) is 70.9 cm³/mol. The summed E-state index contributed by atoms with van der Waals surface area (Å²) in [7, 11) is 0. The molecule has 2 fully saturated rings. The zero-order valence-electron chi connectivity index (χ0n) is 11.2. The number of carbonyl (C=O) groups is 1. The minimum atomic E-state index is 0.0123. The van der Waals surface area contributed by atoms with E-state index in [1.807, 2.05) is 10.8 Å². The second kappa shape index (κ2) is 5.06. The smallest absolute Gasteiger partial charge is 0.186 e. The summed E-state index contributed by atoms with van der Waals surface area (Å²) in [5, 5.41) is 0. The Bertz CT molecular complexity index is 465. The van der Waals surface area contributed by atoms with Crippen molar-refractivity contribution >= 4 is 5.78 Å². The van der Waals surface area contributed by atoms with Gasteiger partial charge < -0.3 is 15.0 Å². The van der Waals surface area contributed by atoms with Gasteiger partial charge in [-0.15, -0.1) is 0 Å². The molecule has 1 saturated carbocycles. The summed E-state index contributed by atoms with van der Waals surface area (Å²) in [6, 6.07) is 0. The number of Topliss-reactive ketones (excluding diaryl/α,β-unsaturated/α-hetero) is 1. The van der Waals surface area contributed by atoms with E-state index in [0.717, 1.165) is 25.7 Å². The van der Waals surface area contributed by atoms with E-state index in [0.29, 0.717) is 25.4 Å². The van der Waals surface area contributed by atoms with Crippen molar-refractivity contribution in [3.05, 3.63) is 18.2 Å². The first kappa shape index (κ1) is 12.8. The number of nitrogens with zero attached hydrogens (tertiary/aromatic N) is 2. The monoisotopic (exact) mass is 263 g/mol. The molecule has 1 aromatic heterocycles. The highest BCUT2D eigenvalue weighted by Crippen LogP contribution is 2.44. The van der Waals surface area contributed by atoms with Crippen molar-refractivity contribution in [1.82, 2.24) is 9.55 Å². The summed E-state index contributed by atoms with van der Waals surface area (Å²) in [5.41, 5.74) is 6.09. The Labute approximate surface area is 113 Å². The molecule has 1 saturated heterocycles. The van der Waals surface area contributed by atoms with Gasteiger partial charge in [-0.1, -0.05) is 0 Å². The molecule has 1 aliphatic carbocycles. The first-order valence-electron chi connectivity index (χ1n) is 7.12. The molecule has 3 rings (SSSR count). The first-order valence-corrected chi connectivity index (χ1v) is 7.12. The summed E-state index contributed by atoms with van der Waals surface area (Å²) >= 11 is 0. The van der Waals surface area contributed by atoms with Gasteiger partial charge in [-0.3, -0.25) is 4.79 Å². The van der Waals surface area contributed by atoms with Crippen LogP contribution in [0.2, 0.25) is 0 Å². The van der Waals surface area contributed by atoms with E-state index >= 15 is 0 Å². The van der Waals surface area contributed by atoms with Gasteiger partial charge in [0.25, 0.3) is 0 Å². The molecule has 1 unspecified atom stereocenters. The van der Waals surface area contributed by atoms with Crippen molar-refractivity contribution in [1.29, 1.82) is 0 Å². The highest BCUT2D eigenvalue weighted by atomic mass is 16.5. The van der Waals surface area contributed by atoms with Crippen LogP contribution in [0.5, 0.6) is 0 Å². The Morgan fingerprint density at radius 1 is 1.58 bits per heavy atom. The van der Waals surface area contributed by atoms with Crippen molar-refractivity contribution in [2.24, 2.45) is 11.7 Å². The first-order chi connectivity index (χ1) is 9.22. The van der Waals surface area contributed by atoms with Crippen molar-refractivity contribution in [3.8, 4) is 0 Å². The molecule has 5 nitrogen and oxygen atoms in total. The van der Waals surface area contributed by atoms with Crippen LogP contribution < -0.4 is 5.73 Å². The van der Waals surface area contributed by atoms with Gasteiger partial charge in [0.05, 0.1) is 11.9 Å². The van der Waals surface area contributed by atoms with Gasteiger partial charge in [-0.05, 0) is 32.1 Å². The van der Waals surface area contributed by atoms with Crippen molar-refractivity contribution in [2.45, 2.75) is 44.2 Å². The Kier molecular flexibility index (Phi) is 3.41. The van der Waals surface area contributed by atoms with Crippen LogP contribution in [0.1, 0.15) is 42.6 Å². The van der Waals surface area contributed by atoms with Crippen LogP contribution in [-0.4, -0.2) is 34.1 Å². The molecule has 0 amide bonds. The third kappa shape index (κ3) is 2.44. The summed E-state index contributed by atoms with van der Waals surface area (Å²) in [6.45, 7) is 1.97. The van der Waals surface area contributed by atoms with Crippen molar-refractivity contribution < 1.29 is 9.53 Å². The number of ketones is 1. The van der Waals surface area contributed by atoms with Crippen molar-refractivity contribution in [3.63, 3.8) is 0 Å². The standard InChI is InChI=1S/C14H21N3O2/c15-5-6-17-9-12(16-10-17)13(18)11-2-7-19-14(8-11)3-1-4-14/h9-11H,1-8,15H2. The molecule has 2 aliphatic rings. The fourth-order valence-electron chi connectivity index (χ4n) is 3.14. The minimum absolute atomic E-state index is 0.0123. The maximum absolute atomic E-state index is 12.5. The summed E-state index contributed by atoms with van der Waals surface area (Å²) in [4.78, 5) is 16.7. The van der Waals surface area contributed by atoms with Crippen LogP contribution in [0.15, 0.2) is 12.5 Å². The van der Waals surface area contributed by atoms with Gasteiger partial charge in [-0.25, -0.2) is 4.98 Å². The largest absolute Gasteiger partial charge is 0.375 e. The normalized spacial score (nSPS) is 25.2. The average molecular weight is 263 g/mol. The maximum Gasteiger partial charge on any atom is 0.186 e. The second-order valence-corrected chi connectivity index (χ2v) is 5.72. The van der Waals surface area contributed by atoms with E-state index in [4.69, 9.17) is 10.5 Å². The number of ether oxygens (including phenoxy) is 1. The van der Waals surface area contributed by atoms with E-state index < -0.39 is 0 Å². The number of aromatic nitrogens is 2. The average Bonchev–Trinajstić information content (AvgIpc) is 2.85. The molecule has 1 atom stereocenters. The van der Waals surface area contributed by atoms with E-state index in [1.165, 1.54) is 6.42 Å². The molecule has 0 aromatic carbocycles. The Morgan fingerprint density at radius 2 is 2.42 bits per heavy atom. The van der Waals surface area contributed by atoms with E-state index in [-0.39, 0.29) is 17.3 Å². The Hall–Kier alpha value is -1.20. The number of hydrogen-bond acceptors (Lipinski definition) is 4. The maximum atomic E-state index is 12.5. The SMILES string of the molecule is NCCn1cnc(C(=O)C2CCOC3(CCC3)C2)c1. The number of rotatable bonds is 4. The van der Waals surface area contributed by atoms with E-state index in [9.17, 15) is 4.79 Å². The highest BCUT2D eigenvalue weighted by molar-refractivity contribution is 5.96. The Balaban J connectivity index is 1.68. The lowest BCUT2D eigenvalue weighted by Gasteiger charge is -2.46. The molecule has 0 radical (unpaired) electrons. The van der Waals surface area contributed by atoms with Crippen LogP contribution in [0.25, 0.3) is 0 Å². The third-order valence-corrected chi connectivity index (χ3v) is 4.40. The van der Waals surface area contributed by atoms with Gasteiger partial charge in [0.1, 0.15) is 5.69 Å². The molecular formula is C14H21N3O2. The Morgan fingerprint density at radius 3 is 3.11 bits per heavy atom. The third-order valence-electron chi connectivity index (χ3n) is 4.40. The molecule has 1 aliphatic heterocycles. The zero-order chi connectivity index (χ0) is 13.3. The number of carbonyl (C=O) groups excluding carboxylic acids is 1. The van der Waals surface area contributed by atoms with Crippen LogP contribution >= 0.6 is 0 Å². The summed E-state index contributed by atoms with van der Waals surface area (Å²) in [5.74, 6) is 0.251. The molecule has 2 heterocycles. The predicted octanol–water partition coefficient (Wildman–Crippen LogP) is 1.37. The van der Waals surface area contributed by atoms with Gasteiger partial charge in [-0.2, -0.15) is 0 Å². The lowest BCUT2D eigenvalue weighted by molar-refractivity contribution is -0.137. The quantitative estimate of drug-likeness (QED) is 0.833. The van der Waals surface area contributed by atoms with Gasteiger partial charge in [0.2, 0.25) is 0 Å². The molecule has 104 valence electrons. The number of imidazole rings is 1. The van der Waals surface area contributed by atoms with Gasteiger partial charge in [0, 0.05) is 31.8 Å². The number of nitrogens with two attached hydrogens (primary N) is 1. The highest BCUT2D eigenvalue weighted by Gasteiger charge is 2.44. The molecule has 2 N–H and O–H groups in total.